The first kappa shape index (κ1) is 20.5. The van der Waals surface area contributed by atoms with E-state index in [0.717, 1.165) is 29.2 Å². The van der Waals surface area contributed by atoms with E-state index in [4.69, 9.17) is 0 Å². The van der Waals surface area contributed by atoms with Gasteiger partial charge in [-0.2, -0.15) is 0 Å². The molecule has 0 bridgehead atoms. The van der Waals surface area contributed by atoms with E-state index in [1.54, 1.807) is 11.8 Å². The molecule has 3 rings (SSSR count). The quantitative estimate of drug-likeness (QED) is 0.334. The first-order chi connectivity index (χ1) is 13.2. The van der Waals surface area contributed by atoms with E-state index in [2.05, 4.69) is 20.5 Å². The maximum Gasteiger partial charge on any atom is 0.191 e. The molecular formula is C21H33FN4S. The minimum Gasteiger partial charge on any atom is -0.356 e. The van der Waals surface area contributed by atoms with Crippen LogP contribution in [0.4, 0.5) is 4.39 Å². The predicted molar refractivity (Wildman–Crippen MR) is 113 cm³/mol. The number of aliphatic imine (C=N–C) groups is 1. The van der Waals surface area contributed by atoms with E-state index < -0.39 is 0 Å². The summed E-state index contributed by atoms with van der Waals surface area (Å²) in [4.78, 5) is 8.18. The summed E-state index contributed by atoms with van der Waals surface area (Å²) in [6, 6.07) is 8.02. The molecule has 150 valence electrons. The van der Waals surface area contributed by atoms with Crippen LogP contribution in [-0.4, -0.2) is 55.4 Å². The Morgan fingerprint density at radius 3 is 2.48 bits per heavy atom. The molecule has 0 unspecified atom stereocenters. The predicted octanol–water partition coefficient (Wildman–Crippen LogP) is 3.88. The molecule has 1 aliphatic heterocycles. The van der Waals surface area contributed by atoms with Crippen LogP contribution in [0.1, 0.15) is 44.9 Å². The lowest BCUT2D eigenvalue weighted by atomic mass is 9.92. The molecule has 1 saturated heterocycles. The number of likely N-dealkylation sites (tertiary alicyclic amines) is 1. The number of piperidine rings is 1. The van der Waals surface area contributed by atoms with Crippen molar-refractivity contribution < 1.29 is 4.39 Å². The Balaban J connectivity index is 1.32. The average Bonchev–Trinajstić information content (AvgIpc) is 2.72. The lowest BCUT2D eigenvalue weighted by molar-refractivity contribution is 0.119. The molecule has 1 aromatic carbocycles. The molecule has 4 nitrogen and oxygen atoms in total. The number of nitrogens with zero attached hydrogens (tertiary/aromatic N) is 2. The van der Waals surface area contributed by atoms with Crippen LogP contribution in [-0.2, 0) is 0 Å². The van der Waals surface area contributed by atoms with Gasteiger partial charge in [0.1, 0.15) is 5.82 Å². The van der Waals surface area contributed by atoms with E-state index in [1.165, 1.54) is 70.2 Å². The third kappa shape index (κ3) is 6.68. The minimum atomic E-state index is -0.184. The lowest BCUT2D eigenvalue weighted by Gasteiger charge is -2.39. The molecule has 1 heterocycles. The highest BCUT2D eigenvalue weighted by molar-refractivity contribution is 7.99. The molecule has 2 fully saturated rings. The van der Waals surface area contributed by atoms with Gasteiger partial charge >= 0.3 is 0 Å². The smallest absolute Gasteiger partial charge is 0.191 e. The molecule has 0 radical (unpaired) electrons. The van der Waals surface area contributed by atoms with Gasteiger partial charge in [0, 0.05) is 49.4 Å². The molecule has 27 heavy (non-hydrogen) atoms. The van der Waals surface area contributed by atoms with Crippen molar-refractivity contribution in [2.75, 3.05) is 32.4 Å². The molecule has 0 spiro atoms. The van der Waals surface area contributed by atoms with Gasteiger partial charge in [-0.05, 0) is 49.9 Å². The molecule has 1 aromatic rings. The zero-order chi connectivity index (χ0) is 18.9. The van der Waals surface area contributed by atoms with E-state index in [1.807, 2.05) is 19.2 Å². The Morgan fingerprint density at radius 1 is 1.11 bits per heavy atom. The highest BCUT2D eigenvalue weighted by Crippen LogP contribution is 2.25. The number of hydrogen-bond acceptors (Lipinski definition) is 3. The monoisotopic (exact) mass is 392 g/mol. The number of thioether (sulfide) groups is 1. The molecule has 1 aliphatic carbocycles. The van der Waals surface area contributed by atoms with Crippen molar-refractivity contribution in [1.29, 1.82) is 0 Å². The second kappa shape index (κ2) is 10.9. The maximum atomic E-state index is 12.9. The summed E-state index contributed by atoms with van der Waals surface area (Å²) in [6.45, 7) is 3.25. The molecule has 0 aromatic heterocycles. The van der Waals surface area contributed by atoms with Crippen molar-refractivity contribution in [1.82, 2.24) is 15.5 Å². The standard InChI is InChI=1S/C21H33FN4S/c1-23-21(24-13-16-27-20-9-7-17(22)8-10-20)25-18-11-14-26(15-12-18)19-5-3-2-4-6-19/h7-10,18-19H,2-6,11-16H2,1H3,(H2,23,24,25). The zero-order valence-electron chi connectivity index (χ0n) is 16.4. The van der Waals surface area contributed by atoms with Gasteiger partial charge < -0.3 is 15.5 Å². The van der Waals surface area contributed by atoms with E-state index in [9.17, 15) is 4.39 Å². The molecule has 0 amide bonds. The summed E-state index contributed by atoms with van der Waals surface area (Å²) < 4.78 is 12.9. The Bertz CT molecular complexity index is 578. The van der Waals surface area contributed by atoms with Gasteiger partial charge in [0.2, 0.25) is 0 Å². The molecule has 6 heteroatoms. The summed E-state index contributed by atoms with van der Waals surface area (Å²) in [5.74, 6) is 1.63. The van der Waals surface area contributed by atoms with Crippen molar-refractivity contribution in [2.24, 2.45) is 4.99 Å². The lowest BCUT2D eigenvalue weighted by Crippen LogP contribution is -2.51. The second-order valence-corrected chi connectivity index (χ2v) is 8.72. The summed E-state index contributed by atoms with van der Waals surface area (Å²) >= 11 is 1.73. The fourth-order valence-corrected chi connectivity index (χ4v) is 4.88. The fourth-order valence-electron chi connectivity index (χ4n) is 4.11. The van der Waals surface area contributed by atoms with Crippen LogP contribution in [0.3, 0.4) is 0 Å². The Labute approximate surface area is 167 Å². The number of nitrogens with one attached hydrogen (secondary N) is 2. The van der Waals surface area contributed by atoms with Crippen LogP contribution in [0.5, 0.6) is 0 Å². The largest absolute Gasteiger partial charge is 0.356 e. The average molecular weight is 393 g/mol. The van der Waals surface area contributed by atoms with E-state index >= 15 is 0 Å². The van der Waals surface area contributed by atoms with Crippen LogP contribution in [0, 0.1) is 5.82 Å². The number of benzene rings is 1. The van der Waals surface area contributed by atoms with Crippen molar-refractivity contribution in [3.8, 4) is 0 Å². The first-order valence-electron chi connectivity index (χ1n) is 10.3. The summed E-state index contributed by atoms with van der Waals surface area (Å²) in [5.41, 5.74) is 0. The SMILES string of the molecule is CN=C(NCCSc1ccc(F)cc1)NC1CCN(C2CCCCC2)CC1. The highest BCUT2D eigenvalue weighted by Gasteiger charge is 2.26. The normalized spacial score (nSPS) is 20.6. The van der Waals surface area contributed by atoms with Crippen LogP contribution in [0.15, 0.2) is 34.2 Å². The highest BCUT2D eigenvalue weighted by atomic mass is 32.2. The molecular weight excluding hydrogens is 359 g/mol. The third-order valence-corrected chi connectivity index (χ3v) is 6.68. The van der Waals surface area contributed by atoms with Gasteiger partial charge in [0.05, 0.1) is 0 Å². The van der Waals surface area contributed by atoms with Gasteiger partial charge in [0.25, 0.3) is 0 Å². The van der Waals surface area contributed by atoms with E-state index in [-0.39, 0.29) is 5.82 Å². The van der Waals surface area contributed by atoms with Gasteiger partial charge in [-0.3, -0.25) is 4.99 Å². The van der Waals surface area contributed by atoms with Gasteiger partial charge in [-0.1, -0.05) is 19.3 Å². The van der Waals surface area contributed by atoms with Gasteiger partial charge in [-0.25, -0.2) is 4.39 Å². The van der Waals surface area contributed by atoms with Crippen molar-refractivity contribution in [2.45, 2.75) is 61.9 Å². The number of guanidine groups is 1. The van der Waals surface area contributed by atoms with Gasteiger partial charge in [0.15, 0.2) is 5.96 Å². The van der Waals surface area contributed by atoms with Crippen LogP contribution in [0.2, 0.25) is 0 Å². The van der Waals surface area contributed by atoms with Crippen LogP contribution < -0.4 is 10.6 Å². The topological polar surface area (TPSA) is 39.7 Å². The molecule has 2 aliphatic rings. The number of rotatable bonds is 6. The summed E-state index contributed by atoms with van der Waals surface area (Å²) in [5, 5.41) is 6.99. The van der Waals surface area contributed by atoms with Crippen molar-refractivity contribution in [3.63, 3.8) is 0 Å². The summed E-state index contributed by atoms with van der Waals surface area (Å²) in [6.07, 6.45) is 9.43. The maximum absolute atomic E-state index is 12.9. The van der Waals surface area contributed by atoms with E-state index in [0.29, 0.717) is 6.04 Å². The first-order valence-corrected chi connectivity index (χ1v) is 11.3. The number of hydrogen-bond donors (Lipinski definition) is 2. The Kier molecular flexibility index (Phi) is 8.27. The molecule has 1 saturated carbocycles. The minimum absolute atomic E-state index is 0.184. The van der Waals surface area contributed by atoms with Crippen LogP contribution >= 0.6 is 11.8 Å². The fraction of sp³-hybridized carbons (Fsp3) is 0.667. The Hall–Kier alpha value is -1.27. The zero-order valence-corrected chi connectivity index (χ0v) is 17.2. The molecule has 2 N–H and O–H groups in total. The second-order valence-electron chi connectivity index (χ2n) is 7.55. The van der Waals surface area contributed by atoms with Crippen molar-refractivity contribution in [3.05, 3.63) is 30.1 Å². The van der Waals surface area contributed by atoms with Crippen LogP contribution in [0.25, 0.3) is 0 Å². The summed E-state index contributed by atoms with van der Waals surface area (Å²) in [7, 11) is 1.83. The van der Waals surface area contributed by atoms with Crippen molar-refractivity contribution >= 4 is 17.7 Å². The van der Waals surface area contributed by atoms with Gasteiger partial charge in [-0.15, -0.1) is 11.8 Å². The number of halogens is 1. The Morgan fingerprint density at radius 2 is 1.81 bits per heavy atom. The molecule has 0 atom stereocenters. The third-order valence-electron chi connectivity index (χ3n) is 5.66.